The van der Waals surface area contributed by atoms with Crippen molar-refractivity contribution < 1.29 is 28.6 Å². The second-order valence-corrected chi connectivity index (χ2v) is 8.52. The monoisotopic (exact) mass is 524 g/mol. The van der Waals surface area contributed by atoms with Crippen LogP contribution in [0, 0.1) is 0 Å². The number of carbonyl (C=O) groups excluding carboxylic acids is 3. The molecule has 0 saturated carbocycles. The highest BCUT2D eigenvalue weighted by molar-refractivity contribution is 6.11. The number of ketones is 1. The molecule has 0 aliphatic heterocycles. The highest BCUT2D eigenvalue weighted by atomic mass is 16.5. The molecule has 0 aromatic heterocycles. The number of amides is 2. The van der Waals surface area contributed by atoms with Crippen LogP contribution >= 0.6 is 0 Å². The van der Waals surface area contributed by atoms with E-state index < -0.39 is 11.8 Å². The fraction of sp³-hybridized carbons (Fsp3) is 0.129. The number of ether oxygens (including phenoxy) is 3. The molecular weight excluding hydrogens is 496 g/mol. The number of para-hydroxylation sites is 4. The van der Waals surface area contributed by atoms with Crippen LogP contribution in [-0.2, 0) is 6.42 Å². The van der Waals surface area contributed by atoms with Crippen molar-refractivity contribution in [1.29, 1.82) is 0 Å². The number of nitrogens with one attached hydrogen (secondary N) is 2. The van der Waals surface area contributed by atoms with Crippen molar-refractivity contribution in [3.63, 3.8) is 0 Å². The minimum Gasteiger partial charge on any atom is -0.496 e. The third-order valence-electron chi connectivity index (χ3n) is 6.03. The summed E-state index contributed by atoms with van der Waals surface area (Å²) in [6, 6.07) is 25.5. The Labute approximate surface area is 226 Å². The van der Waals surface area contributed by atoms with Crippen molar-refractivity contribution >= 4 is 29.0 Å². The summed E-state index contributed by atoms with van der Waals surface area (Å²) in [6.45, 7) is 0. The summed E-state index contributed by atoms with van der Waals surface area (Å²) in [5.41, 5.74) is 2.20. The average Bonchev–Trinajstić information content (AvgIpc) is 2.97. The van der Waals surface area contributed by atoms with Gasteiger partial charge >= 0.3 is 0 Å². The Morgan fingerprint density at radius 1 is 0.615 bits per heavy atom. The summed E-state index contributed by atoms with van der Waals surface area (Å²) < 4.78 is 16.0. The van der Waals surface area contributed by atoms with Gasteiger partial charge in [-0.15, -0.1) is 0 Å². The SMILES string of the molecule is COc1ccccc1CC(=O)c1cc(NC(=O)c2ccccc2OC)cc(C(=O)Nc2ccccc2OC)c1. The molecule has 8 heteroatoms. The standard InChI is InChI=1S/C31H28N2O6/c1-37-27-13-7-4-10-20(27)19-26(34)21-16-22(30(35)33-25-12-6-9-15-29(25)39-3)18-23(17-21)32-31(36)24-11-5-8-14-28(24)38-2/h4-18H,19H2,1-3H3,(H,32,36)(H,33,35). The summed E-state index contributed by atoms with van der Waals surface area (Å²) >= 11 is 0. The Morgan fingerprint density at radius 3 is 1.92 bits per heavy atom. The van der Waals surface area contributed by atoms with Crippen molar-refractivity contribution in [2.24, 2.45) is 0 Å². The van der Waals surface area contributed by atoms with Gasteiger partial charge in [0.1, 0.15) is 17.2 Å². The number of methoxy groups -OCH3 is 3. The van der Waals surface area contributed by atoms with Crippen LogP contribution < -0.4 is 24.8 Å². The summed E-state index contributed by atoms with van der Waals surface area (Å²) in [5.74, 6) is 0.295. The van der Waals surface area contributed by atoms with E-state index in [1.54, 1.807) is 66.7 Å². The molecule has 0 fully saturated rings. The predicted molar refractivity (Wildman–Crippen MR) is 149 cm³/mol. The largest absolute Gasteiger partial charge is 0.496 e. The molecule has 4 aromatic rings. The Balaban J connectivity index is 1.69. The molecule has 4 rings (SSSR count). The number of benzene rings is 4. The number of hydrogen-bond acceptors (Lipinski definition) is 6. The predicted octanol–water partition coefficient (Wildman–Crippen LogP) is 5.64. The molecule has 0 spiro atoms. The average molecular weight is 525 g/mol. The highest BCUT2D eigenvalue weighted by Gasteiger charge is 2.19. The van der Waals surface area contributed by atoms with Gasteiger partial charge in [0.15, 0.2) is 5.78 Å². The van der Waals surface area contributed by atoms with Crippen LogP contribution in [-0.4, -0.2) is 38.9 Å². The first-order valence-corrected chi connectivity index (χ1v) is 12.1. The van der Waals surface area contributed by atoms with Gasteiger partial charge in [-0.3, -0.25) is 14.4 Å². The molecule has 0 aliphatic carbocycles. The number of Topliss-reactive ketones (excluding diaryl/α,β-unsaturated/α-hetero) is 1. The quantitative estimate of drug-likeness (QED) is 0.260. The van der Waals surface area contributed by atoms with E-state index >= 15 is 0 Å². The van der Waals surface area contributed by atoms with Gasteiger partial charge in [-0.25, -0.2) is 0 Å². The van der Waals surface area contributed by atoms with E-state index in [-0.39, 0.29) is 29.0 Å². The fourth-order valence-corrected chi connectivity index (χ4v) is 4.09. The molecule has 4 aromatic carbocycles. The van der Waals surface area contributed by atoms with Crippen LogP contribution in [0.3, 0.4) is 0 Å². The zero-order chi connectivity index (χ0) is 27.8. The van der Waals surface area contributed by atoms with Crippen molar-refractivity contribution in [3.05, 3.63) is 113 Å². The highest BCUT2D eigenvalue weighted by Crippen LogP contribution is 2.26. The molecule has 0 bridgehead atoms. The lowest BCUT2D eigenvalue weighted by molar-refractivity contribution is 0.0988. The van der Waals surface area contributed by atoms with Crippen LogP contribution in [0.25, 0.3) is 0 Å². The topological polar surface area (TPSA) is 103 Å². The molecule has 0 heterocycles. The molecule has 2 amide bonds. The van der Waals surface area contributed by atoms with Crippen molar-refractivity contribution in [3.8, 4) is 17.2 Å². The molecular formula is C31H28N2O6. The minimum atomic E-state index is -0.473. The van der Waals surface area contributed by atoms with E-state index in [2.05, 4.69) is 10.6 Å². The van der Waals surface area contributed by atoms with E-state index in [0.717, 1.165) is 0 Å². The van der Waals surface area contributed by atoms with Gasteiger partial charge in [-0.2, -0.15) is 0 Å². The molecule has 0 saturated heterocycles. The van der Waals surface area contributed by atoms with E-state index in [1.807, 2.05) is 12.1 Å². The summed E-state index contributed by atoms with van der Waals surface area (Å²) in [4.78, 5) is 39.8. The molecule has 2 N–H and O–H groups in total. The number of rotatable bonds is 10. The Morgan fingerprint density at radius 2 is 1.21 bits per heavy atom. The first kappa shape index (κ1) is 26.9. The smallest absolute Gasteiger partial charge is 0.259 e. The lowest BCUT2D eigenvalue weighted by atomic mass is 9.99. The van der Waals surface area contributed by atoms with Gasteiger partial charge in [-0.05, 0) is 48.5 Å². The van der Waals surface area contributed by atoms with Gasteiger partial charge in [0.25, 0.3) is 11.8 Å². The summed E-state index contributed by atoms with van der Waals surface area (Å²) in [6.07, 6.45) is 0.0431. The molecule has 198 valence electrons. The fourth-order valence-electron chi connectivity index (χ4n) is 4.09. The van der Waals surface area contributed by atoms with Gasteiger partial charge < -0.3 is 24.8 Å². The van der Waals surface area contributed by atoms with Gasteiger partial charge in [0.2, 0.25) is 0 Å². The van der Waals surface area contributed by atoms with Crippen LogP contribution in [0.5, 0.6) is 17.2 Å². The zero-order valence-electron chi connectivity index (χ0n) is 21.8. The van der Waals surface area contributed by atoms with Crippen molar-refractivity contribution in [2.75, 3.05) is 32.0 Å². The van der Waals surface area contributed by atoms with Crippen molar-refractivity contribution in [2.45, 2.75) is 6.42 Å². The maximum Gasteiger partial charge on any atom is 0.259 e. The lowest BCUT2D eigenvalue weighted by Crippen LogP contribution is -2.17. The van der Waals surface area contributed by atoms with E-state index in [9.17, 15) is 14.4 Å². The van der Waals surface area contributed by atoms with Crippen LogP contribution in [0.15, 0.2) is 91.0 Å². The molecule has 0 aliphatic rings. The summed E-state index contributed by atoms with van der Waals surface area (Å²) in [7, 11) is 4.52. The Hall–Kier alpha value is -5.11. The van der Waals surface area contributed by atoms with Crippen LogP contribution in [0.4, 0.5) is 11.4 Å². The first-order chi connectivity index (χ1) is 18.9. The maximum absolute atomic E-state index is 13.4. The van der Waals surface area contributed by atoms with E-state index in [1.165, 1.54) is 33.5 Å². The van der Waals surface area contributed by atoms with Gasteiger partial charge in [0, 0.05) is 28.8 Å². The molecule has 39 heavy (non-hydrogen) atoms. The number of carbonyl (C=O) groups is 3. The second-order valence-electron chi connectivity index (χ2n) is 8.52. The molecule has 0 radical (unpaired) electrons. The Kier molecular flexibility index (Phi) is 8.58. The number of hydrogen-bond donors (Lipinski definition) is 2. The minimum absolute atomic E-state index is 0.0431. The molecule has 0 atom stereocenters. The maximum atomic E-state index is 13.4. The third kappa shape index (κ3) is 6.42. The van der Waals surface area contributed by atoms with Crippen LogP contribution in [0.1, 0.15) is 36.6 Å². The molecule has 0 unspecified atom stereocenters. The zero-order valence-corrected chi connectivity index (χ0v) is 21.8. The number of anilines is 2. The summed E-state index contributed by atoms with van der Waals surface area (Å²) in [5, 5.41) is 5.61. The first-order valence-electron chi connectivity index (χ1n) is 12.1. The van der Waals surface area contributed by atoms with E-state index in [0.29, 0.717) is 34.1 Å². The molecule has 8 nitrogen and oxygen atoms in total. The van der Waals surface area contributed by atoms with Crippen LogP contribution in [0.2, 0.25) is 0 Å². The van der Waals surface area contributed by atoms with Gasteiger partial charge in [0.05, 0.1) is 32.6 Å². The Bertz CT molecular complexity index is 1430. The van der Waals surface area contributed by atoms with Crippen molar-refractivity contribution in [1.82, 2.24) is 0 Å². The lowest BCUT2D eigenvalue weighted by Gasteiger charge is -2.14. The second kappa shape index (κ2) is 12.4. The third-order valence-corrected chi connectivity index (χ3v) is 6.03. The van der Waals surface area contributed by atoms with Gasteiger partial charge in [-0.1, -0.05) is 42.5 Å². The normalized spacial score (nSPS) is 10.3. The van der Waals surface area contributed by atoms with E-state index in [4.69, 9.17) is 14.2 Å².